The van der Waals surface area contributed by atoms with Crippen LogP contribution in [0.5, 0.6) is 5.88 Å². The molecule has 3 unspecified atom stereocenters. The van der Waals surface area contributed by atoms with Crippen LogP contribution in [0.25, 0.3) is 22.0 Å². The number of rotatable bonds is 9. The number of pyridine rings is 2. The number of fused-ring (bicyclic) bond motifs is 3. The number of anilines is 1. The molecule has 2 aromatic heterocycles. The Morgan fingerprint density at radius 3 is 2.59 bits per heavy atom. The number of nitrogens with zero attached hydrogens (tertiary/aromatic N) is 5. The predicted molar refractivity (Wildman–Crippen MR) is 178 cm³/mol. The summed E-state index contributed by atoms with van der Waals surface area (Å²) in [6.45, 7) is 11.3. The smallest absolute Gasteiger partial charge is 0.246 e. The van der Waals surface area contributed by atoms with E-state index >= 15 is 0 Å². The van der Waals surface area contributed by atoms with Gasteiger partial charge in [0, 0.05) is 53.4 Å². The Balaban J connectivity index is 1.29. The van der Waals surface area contributed by atoms with E-state index in [1.54, 1.807) is 0 Å². The van der Waals surface area contributed by atoms with Crippen molar-refractivity contribution in [2.45, 2.75) is 88.8 Å². The molecule has 0 N–H and O–H groups in total. The Kier molecular flexibility index (Phi) is 7.82. The molecule has 4 fully saturated rings. The Bertz CT molecular complexity index is 1590. The highest BCUT2D eigenvalue weighted by Gasteiger charge is 2.43. The number of carbonyl (C=O) groups excluding carboxylic acids is 1. The lowest BCUT2D eigenvalue weighted by atomic mass is 9.92. The van der Waals surface area contributed by atoms with Gasteiger partial charge in [0.05, 0.1) is 11.2 Å². The van der Waals surface area contributed by atoms with Crippen LogP contribution in [0.4, 0.5) is 5.82 Å². The number of aromatic nitrogens is 2. The molecule has 1 saturated carbocycles. The summed E-state index contributed by atoms with van der Waals surface area (Å²) < 4.78 is 6.66. The van der Waals surface area contributed by atoms with Crippen molar-refractivity contribution in [1.29, 1.82) is 0 Å². The number of benzene rings is 1. The second kappa shape index (κ2) is 11.6. The molecule has 7 nitrogen and oxygen atoms in total. The van der Waals surface area contributed by atoms with Gasteiger partial charge in [-0.2, -0.15) is 4.98 Å². The van der Waals surface area contributed by atoms with Crippen LogP contribution in [0, 0.1) is 6.92 Å². The molecule has 0 radical (unpaired) electrons. The van der Waals surface area contributed by atoms with Crippen LogP contribution in [0.15, 0.2) is 43.1 Å². The van der Waals surface area contributed by atoms with E-state index in [9.17, 15) is 4.79 Å². The lowest BCUT2D eigenvalue weighted by Gasteiger charge is -2.41. The molecule has 3 atom stereocenters. The molecule has 8 heteroatoms. The number of likely N-dealkylation sites (N-methyl/N-ethyl adjacent to an activating group) is 1. The predicted octanol–water partition coefficient (Wildman–Crippen LogP) is 7.14. The van der Waals surface area contributed by atoms with Crippen LogP contribution >= 0.6 is 11.6 Å². The first kappa shape index (κ1) is 29.5. The zero-order valence-electron chi connectivity index (χ0n) is 26.3. The van der Waals surface area contributed by atoms with Crippen LogP contribution < -0.4 is 9.64 Å². The molecule has 2 bridgehead atoms. The second-order valence-corrected chi connectivity index (χ2v) is 14.0. The first-order valence-electron chi connectivity index (χ1n) is 16.4. The Labute approximate surface area is 266 Å². The number of likely N-dealkylation sites (tertiary alicyclic amines) is 1. The van der Waals surface area contributed by atoms with Crippen molar-refractivity contribution in [3.63, 3.8) is 0 Å². The van der Waals surface area contributed by atoms with Gasteiger partial charge in [0.2, 0.25) is 11.8 Å². The second-order valence-electron chi connectivity index (χ2n) is 13.6. The highest BCUT2D eigenvalue weighted by atomic mass is 35.5. The molecule has 3 aromatic rings. The summed E-state index contributed by atoms with van der Waals surface area (Å²) in [6, 6.07) is 8.90. The van der Waals surface area contributed by atoms with Gasteiger partial charge in [-0.15, -0.1) is 0 Å². The van der Waals surface area contributed by atoms with Crippen LogP contribution in [-0.2, 0) is 4.79 Å². The molecule has 1 aromatic carbocycles. The minimum atomic E-state index is 0.0311. The monoisotopic (exact) mass is 613 g/mol. The number of piperazine rings is 1. The normalized spacial score (nSPS) is 25.2. The van der Waals surface area contributed by atoms with Crippen molar-refractivity contribution < 1.29 is 9.53 Å². The summed E-state index contributed by atoms with van der Waals surface area (Å²) in [5, 5.41) is 2.92. The molecule has 3 aliphatic heterocycles. The van der Waals surface area contributed by atoms with Gasteiger partial charge in [-0.05, 0) is 112 Å². The number of halogens is 1. The average Bonchev–Trinajstić information content (AvgIpc) is 3.73. The van der Waals surface area contributed by atoms with Gasteiger partial charge in [0.25, 0.3) is 0 Å². The Morgan fingerprint density at radius 1 is 1.16 bits per heavy atom. The van der Waals surface area contributed by atoms with Gasteiger partial charge in [-0.3, -0.25) is 14.7 Å². The lowest BCUT2D eigenvalue weighted by Crippen LogP contribution is -2.55. The third kappa shape index (κ3) is 5.26. The van der Waals surface area contributed by atoms with Crippen molar-refractivity contribution in [3.8, 4) is 17.1 Å². The molecule has 1 amide bonds. The van der Waals surface area contributed by atoms with Crippen molar-refractivity contribution in [2.75, 3.05) is 38.2 Å². The average molecular weight is 614 g/mol. The van der Waals surface area contributed by atoms with Gasteiger partial charge in [-0.1, -0.05) is 31.5 Å². The largest absolute Gasteiger partial charge is 0.476 e. The van der Waals surface area contributed by atoms with Gasteiger partial charge >= 0.3 is 0 Å². The van der Waals surface area contributed by atoms with Gasteiger partial charge in [-0.25, -0.2) is 0 Å². The Hall–Kier alpha value is -3.16. The summed E-state index contributed by atoms with van der Waals surface area (Å²) in [5.74, 6) is 2.09. The van der Waals surface area contributed by atoms with E-state index in [1.807, 2.05) is 11.1 Å². The molecule has 7 rings (SSSR count). The van der Waals surface area contributed by atoms with Crippen LogP contribution in [0.3, 0.4) is 0 Å². The van der Waals surface area contributed by atoms with Crippen molar-refractivity contribution >= 4 is 34.1 Å². The van der Waals surface area contributed by atoms with E-state index in [-0.39, 0.29) is 23.5 Å². The molecule has 5 heterocycles. The minimum Gasteiger partial charge on any atom is -0.476 e. The number of aryl methyl sites for hydroxylation is 1. The third-order valence-corrected chi connectivity index (χ3v) is 10.9. The van der Waals surface area contributed by atoms with Gasteiger partial charge < -0.3 is 14.5 Å². The number of hydrogen-bond donors (Lipinski definition) is 0. The lowest BCUT2D eigenvalue weighted by molar-refractivity contribution is -0.129. The molecule has 3 saturated heterocycles. The summed E-state index contributed by atoms with van der Waals surface area (Å²) >= 11 is 6.82. The van der Waals surface area contributed by atoms with E-state index in [1.165, 1.54) is 30.9 Å². The fraction of sp³-hybridized carbons (Fsp3) is 0.528. The fourth-order valence-electron chi connectivity index (χ4n) is 8.18. The van der Waals surface area contributed by atoms with E-state index in [0.717, 1.165) is 90.2 Å². The number of ether oxygens (including phenoxy) is 1. The van der Waals surface area contributed by atoms with Crippen LogP contribution in [-0.4, -0.2) is 76.6 Å². The van der Waals surface area contributed by atoms with Crippen molar-refractivity contribution in [2.24, 2.45) is 0 Å². The van der Waals surface area contributed by atoms with Gasteiger partial charge in [0.15, 0.2) is 0 Å². The number of hydrogen-bond acceptors (Lipinski definition) is 6. The van der Waals surface area contributed by atoms with Crippen molar-refractivity contribution in [1.82, 2.24) is 19.8 Å². The topological polar surface area (TPSA) is 61.8 Å². The fourth-order valence-corrected chi connectivity index (χ4v) is 8.61. The van der Waals surface area contributed by atoms with Crippen molar-refractivity contribution in [3.05, 3.63) is 59.3 Å². The first-order valence-corrected chi connectivity index (χ1v) is 16.8. The first-order chi connectivity index (χ1) is 21.3. The zero-order valence-corrected chi connectivity index (χ0v) is 27.1. The molecule has 4 aliphatic rings. The van der Waals surface area contributed by atoms with E-state index in [0.29, 0.717) is 18.4 Å². The molecular weight excluding hydrogens is 570 g/mol. The maximum Gasteiger partial charge on any atom is 0.246 e. The Morgan fingerprint density at radius 2 is 1.93 bits per heavy atom. The van der Waals surface area contributed by atoms with E-state index in [4.69, 9.17) is 26.3 Å². The molecular formula is C36H44ClN5O2. The minimum absolute atomic E-state index is 0.0311. The summed E-state index contributed by atoms with van der Waals surface area (Å²) in [6.07, 6.45) is 12.4. The van der Waals surface area contributed by atoms with E-state index in [2.05, 4.69) is 61.5 Å². The molecule has 232 valence electrons. The summed E-state index contributed by atoms with van der Waals surface area (Å²) in [4.78, 5) is 29.8. The maximum absolute atomic E-state index is 12.7. The summed E-state index contributed by atoms with van der Waals surface area (Å²) in [5.41, 5.74) is 4.47. The van der Waals surface area contributed by atoms with Crippen LogP contribution in [0.2, 0.25) is 5.02 Å². The quantitative estimate of drug-likeness (QED) is 0.239. The molecule has 44 heavy (non-hydrogen) atoms. The van der Waals surface area contributed by atoms with E-state index < -0.39 is 0 Å². The van der Waals surface area contributed by atoms with Crippen LogP contribution in [0.1, 0.15) is 75.3 Å². The number of amides is 1. The third-order valence-electron chi connectivity index (χ3n) is 10.6. The maximum atomic E-state index is 12.7. The number of carbonyl (C=O) groups is 1. The zero-order chi connectivity index (χ0) is 30.6. The SMILES string of the molecule is C=CC(=O)N1C2CCC1CN(c1nc(OCC3(CCC)CCCN3C)cc3cc(-c4cc(C)cc(Cl)c4C4CC4)ncc13)C2. The highest BCUT2D eigenvalue weighted by molar-refractivity contribution is 6.32. The van der Waals surface area contributed by atoms with Gasteiger partial charge in [0.1, 0.15) is 12.4 Å². The summed E-state index contributed by atoms with van der Waals surface area (Å²) in [7, 11) is 2.23. The highest BCUT2D eigenvalue weighted by Crippen LogP contribution is 2.48. The molecule has 1 aliphatic carbocycles. The standard InChI is InChI=1S/C36H44ClN5O2/c1-5-12-36(13-7-14-40(36)4)22-44-32-18-25-17-31(28-15-23(3)16-30(37)34(28)24-8-9-24)38-19-29(25)35(39-32)41-20-26-10-11-27(21-41)42(26)33(43)6-2/h6,15-19,24,26-27H,2,5,7-14,20-22H2,1,3-4H3. The molecule has 0 spiro atoms.